The first-order valence-corrected chi connectivity index (χ1v) is 4.49. The van der Waals surface area contributed by atoms with Crippen molar-refractivity contribution >= 4 is 0 Å². The second-order valence-corrected chi connectivity index (χ2v) is 3.51. The molecule has 1 N–H and O–H groups in total. The van der Waals surface area contributed by atoms with Crippen LogP contribution in [0.4, 0.5) is 0 Å². The zero-order chi connectivity index (χ0) is 10.6. The number of aromatic amines is 1. The Balaban J connectivity index is 2.04. The molecular weight excluding hydrogens is 200 g/mol. The van der Waals surface area contributed by atoms with Crippen molar-refractivity contribution < 1.29 is 9.47 Å². The summed E-state index contributed by atoms with van der Waals surface area (Å²) in [6.45, 7) is 3.67. The van der Waals surface area contributed by atoms with Gasteiger partial charge in [-0.15, -0.1) is 0 Å². The number of H-pyrrole nitrogens is 1. The lowest BCUT2D eigenvalue weighted by molar-refractivity contribution is 0.0240. The molecule has 6 heteroatoms. The highest BCUT2D eigenvalue weighted by Crippen LogP contribution is 2.45. The number of hydrogen-bond donors (Lipinski definition) is 1. The summed E-state index contributed by atoms with van der Waals surface area (Å²) < 4.78 is 11.9. The summed E-state index contributed by atoms with van der Waals surface area (Å²) >= 11 is 0. The topological polar surface area (TPSA) is 76.6 Å². The third kappa shape index (κ3) is 1.15. The minimum atomic E-state index is -0.508. The summed E-state index contributed by atoms with van der Waals surface area (Å²) in [4.78, 5) is 24.5. The summed E-state index contributed by atoms with van der Waals surface area (Å²) in [5, 5.41) is 0. The van der Waals surface area contributed by atoms with Crippen LogP contribution in [0.1, 0.15) is 6.23 Å². The van der Waals surface area contributed by atoms with Crippen molar-refractivity contribution in [3.63, 3.8) is 0 Å². The van der Waals surface area contributed by atoms with Crippen molar-refractivity contribution in [1.82, 2.24) is 9.55 Å². The Morgan fingerprint density at radius 3 is 2.80 bits per heavy atom. The van der Waals surface area contributed by atoms with Gasteiger partial charge in [-0.25, -0.2) is 4.79 Å². The van der Waals surface area contributed by atoms with Gasteiger partial charge in [-0.05, 0) is 0 Å². The van der Waals surface area contributed by atoms with Crippen molar-refractivity contribution in [3.05, 3.63) is 45.4 Å². The first kappa shape index (κ1) is 8.49. The van der Waals surface area contributed by atoms with E-state index >= 15 is 0 Å². The number of fused-ring (bicyclic) bond motifs is 1. The Morgan fingerprint density at radius 1 is 1.47 bits per heavy atom. The maximum atomic E-state index is 11.4. The first-order chi connectivity index (χ1) is 7.16. The van der Waals surface area contributed by atoms with Gasteiger partial charge in [-0.2, -0.15) is 0 Å². The Morgan fingerprint density at radius 2 is 2.27 bits per heavy atom. The Bertz CT molecular complexity index is 544. The van der Waals surface area contributed by atoms with Gasteiger partial charge in [0.2, 0.25) is 6.23 Å². The molecule has 78 valence electrons. The molecular formula is C9H8N2O4. The van der Waals surface area contributed by atoms with E-state index in [-0.39, 0.29) is 12.2 Å². The van der Waals surface area contributed by atoms with Crippen LogP contribution in [0.3, 0.4) is 0 Å². The third-order valence-corrected chi connectivity index (χ3v) is 2.52. The molecule has 3 atom stereocenters. The summed E-state index contributed by atoms with van der Waals surface area (Å²) in [6, 6.07) is 1.27. The van der Waals surface area contributed by atoms with Crippen molar-refractivity contribution in [2.45, 2.75) is 18.4 Å². The normalized spacial score (nSPS) is 32.3. The molecule has 2 aliphatic rings. The smallest absolute Gasteiger partial charge is 0.331 e. The van der Waals surface area contributed by atoms with E-state index in [1.807, 2.05) is 0 Å². The predicted octanol–water partition coefficient (Wildman–Crippen LogP) is -0.654. The molecule has 2 saturated heterocycles. The lowest BCUT2D eigenvalue weighted by atomic mass is 10.3. The molecule has 1 aromatic rings. The largest absolute Gasteiger partial charge is 0.469 e. The number of hydrogen-bond acceptors (Lipinski definition) is 4. The molecule has 3 heterocycles. The molecule has 6 nitrogen and oxygen atoms in total. The van der Waals surface area contributed by atoms with Crippen molar-refractivity contribution in [1.29, 1.82) is 0 Å². The number of nitrogens with zero attached hydrogens (tertiary/aromatic N) is 1. The van der Waals surface area contributed by atoms with Crippen LogP contribution in [0, 0.1) is 0 Å². The standard InChI is InChI=1S/C9H8N2O4/c1-4-6-7(15-6)8(14-4)11-3-2-5(12)10-9(11)13/h2-3,6-8H,1H2,(H,10,12,13)/t6-,7-,8-/m1/s1. The van der Waals surface area contributed by atoms with Gasteiger partial charge in [0.15, 0.2) is 0 Å². The maximum Gasteiger partial charge on any atom is 0.331 e. The van der Waals surface area contributed by atoms with Crippen LogP contribution < -0.4 is 11.2 Å². The molecule has 0 saturated carbocycles. The molecule has 0 aliphatic carbocycles. The van der Waals surface area contributed by atoms with Gasteiger partial charge in [0.05, 0.1) is 0 Å². The molecule has 0 unspecified atom stereocenters. The van der Waals surface area contributed by atoms with Crippen LogP contribution in [0.2, 0.25) is 0 Å². The summed E-state index contributed by atoms with van der Waals surface area (Å²) in [6.07, 6.45) is 0.630. The minimum Gasteiger partial charge on any atom is -0.469 e. The van der Waals surface area contributed by atoms with Crippen LogP contribution in [0.25, 0.3) is 0 Å². The number of epoxide rings is 1. The fraction of sp³-hybridized carbons (Fsp3) is 0.333. The fourth-order valence-electron chi connectivity index (χ4n) is 1.73. The van der Waals surface area contributed by atoms with Crippen molar-refractivity contribution in [3.8, 4) is 0 Å². The first-order valence-electron chi connectivity index (χ1n) is 4.49. The van der Waals surface area contributed by atoms with Crippen LogP contribution in [-0.4, -0.2) is 21.8 Å². The van der Waals surface area contributed by atoms with Gasteiger partial charge < -0.3 is 9.47 Å². The van der Waals surface area contributed by atoms with Gasteiger partial charge in [-0.3, -0.25) is 14.3 Å². The summed E-state index contributed by atoms with van der Waals surface area (Å²) in [5.74, 6) is 0.531. The molecule has 0 spiro atoms. The Labute approximate surface area is 83.8 Å². The van der Waals surface area contributed by atoms with E-state index in [4.69, 9.17) is 9.47 Å². The van der Waals surface area contributed by atoms with Crippen LogP contribution in [-0.2, 0) is 9.47 Å². The molecule has 3 rings (SSSR count). The number of rotatable bonds is 1. The highest BCUT2D eigenvalue weighted by Gasteiger charge is 2.56. The van der Waals surface area contributed by atoms with Gasteiger partial charge in [0.25, 0.3) is 5.56 Å². The minimum absolute atomic E-state index is 0.103. The van der Waals surface area contributed by atoms with E-state index in [2.05, 4.69) is 11.6 Å². The average molecular weight is 208 g/mol. The highest BCUT2D eigenvalue weighted by atomic mass is 16.7. The van der Waals surface area contributed by atoms with Gasteiger partial charge in [-0.1, -0.05) is 6.58 Å². The second-order valence-electron chi connectivity index (χ2n) is 3.51. The summed E-state index contributed by atoms with van der Waals surface area (Å²) in [5.41, 5.74) is -0.933. The zero-order valence-electron chi connectivity index (χ0n) is 7.67. The molecule has 0 amide bonds. The van der Waals surface area contributed by atoms with E-state index < -0.39 is 17.5 Å². The van der Waals surface area contributed by atoms with Crippen LogP contribution in [0.5, 0.6) is 0 Å². The molecule has 15 heavy (non-hydrogen) atoms. The number of nitrogens with one attached hydrogen (secondary N) is 1. The van der Waals surface area contributed by atoms with E-state index in [0.29, 0.717) is 5.76 Å². The van der Waals surface area contributed by atoms with E-state index in [9.17, 15) is 9.59 Å². The van der Waals surface area contributed by atoms with Crippen LogP contribution in [0.15, 0.2) is 34.2 Å². The third-order valence-electron chi connectivity index (χ3n) is 2.52. The lowest BCUT2D eigenvalue weighted by Gasteiger charge is -2.14. The second kappa shape index (κ2) is 2.60. The van der Waals surface area contributed by atoms with E-state index in [1.165, 1.54) is 16.8 Å². The number of aromatic nitrogens is 2. The molecule has 0 bridgehead atoms. The van der Waals surface area contributed by atoms with Gasteiger partial charge in [0, 0.05) is 12.3 Å². The van der Waals surface area contributed by atoms with Crippen molar-refractivity contribution in [2.24, 2.45) is 0 Å². The van der Waals surface area contributed by atoms with Gasteiger partial charge >= 0.3 is 5.69 Å². The van der Waals surface area contributed by atoms with E-state index in [1.54, 1.807) is 0 Å². The maximum absolute atomic E-state index is 11.4. The SMILES string of the molecule is C=C1O[C@@H](n2ccc(=O)[nH]c2=O)[C@@H]2O[C@H]12. The molecule has 2 aliphatic heterocycles. The zero-order valence-corrected chi connectivity index (χ0v) is 7.67. The summed E-state index contributed by atoms with van der Waals surface area (Å²) in [7, 11) is 0. The van der Waals surface area contributed by atoms with Crippen LogP contribution >= 0.6 is 0 Å². The Kier molecular flexibility index (Phi) is 1.47. The van der Waals surface area contributed by atoms with Crippen molar-refractivity contribution in [2.75, 3.05) is 0 Å². The fourth-order valence-corrected chi connectivity index (χ4v) is 1.73. The number of ether oxygens (including phenoxy) is 2. The van der Waals surface area contributed by atoms with Gasteiger partial charge in [0.1, 0.15) is 18.0 Å². The lowest BCUT2D eigenvalue weighted by Crippen LogP contribution is -2.33. The monoisotopic (exact) mass is 208 g/mol. The molecule has 0 aromatic carbocycles. The highest BCUT2D eigenvalue weighted by molar-refractivity contribution is 5.15. The quantitative estimate of drug-likeness (QED) is 0.622. The molecule has 2 fully saturated rings. The van der Waals surface area contributed by atoms with E-state index in [0.717, 1.165) is 0 Å². The average Bonchev–Trinajstić information content (AvgIpc) is 2.89. The predicted molar refractivity (Wildman–Crippen MR) is 49.2 cm³/mol. The molecule has 1 aromatic heterocycles. The Hall–Kier alpha value is -1.82. The molecule has 0 radical (unpaired) electrons.